The number of hydrogen-bond donors (Lipinski definition) is 1. The molecule has 0 aliphatic carbocycles. The van der Waals surface area contributed by atoms with Gasteiger partial charge in [0.05, 0.1) is 0 Å². The van der Waals surface area contributed by atoms with E-state index in [1.165, 1.54) is 12.1 Å². The Morgan fingerprint density at radius 3 is 2.86 bits per heavy atom. The molecule has 0 fully saturated rings. The van der Waals surface area contributed by atoms with E-state index in [2.05, 4.69) is 0 Å². The third-order valence-electron chi connectivity index (χ3n) is 1.86. The number of carbonyl (C=O) groups is 1. The van der Waals surface area contributed by atoms with Crippen LogP contribution in [-0.4, -0.2) is 6.29 Å². The van der Waals surface area contributed by atoms with Crippen LogP contribution in [0.15, 0.2) is 24.3 Å². The van der Waals surface area contributed by atoms with E-state index >= 15 is 0 Å². The summed E-state index contributed by atoms with van der Waals surface area (Å²) in [6, 6.07) is 4.43. The summed E-state index contributed by atoms with van der Waals surface area (Å²) in [5.74, 6) is -0.298. The molecular formula is C11H12FNO. The van der Waals surface area contributed by atoms with Crippen LogP contribution in [0.5, 0.6) is 0 Å². The molecule has 1 aromatic carbocycles. The van der Waals surface area contributed by atoms with Gasteiger partial charge in [-0.1, -0.05) is 18.2 Å². The molecule has 0 aliphatic rings. The van der Waals surface area contributed by atoms with E-state index in [9.17, 15) is 9.18 Å². The summed E-state index contributed by atoms with van der Waals surface area (Å²) in [5, 5.41) is 0. The van der Waals surface area contributed by atoms with Crippen molar-refractivity contribution in [3.05, 3.63) is 41.2 Å². The van der Waals surface area contributed by atoms with Gasteiger partial charge >= 0.3 is 0 Å². The molecule has 0 saturated carbocycles. The minimum Gasteiger partial charge on any atom is -0.326 e. The molecule has 1 rings (SSSR count). The monoisotopic (exact) mass is 193 g/mol. The molecule has 0 unspecified atom stereocenters. The number of rotatable bonds is 4. The summed E-state index contributed by atoms with van der Waals surface area (Å²) in [5.41, 5.74) is 7.08. The Balaban J connectivity index is 2.92. The van der Waals surface area contributed by atoms with Crippen molar-refractivity contribution in [1.29, 1.82) is 0 Å². The predicted molar refractivity (Wildman–Crippen MR) is 54.0 cm³/mol. The van der Waals surface area contributed by atoms with Gasteiger partial charge in [0, 0.05) is 13.0 Å². The smallest absolute Gasteiger partial charge is 0.123 e. The van der Waals surface area contributed by atoms with Crippen molar-refractivity contribution < 1.29 is 9.18 Å². The molecule has 3 heteroatoms. The molecule has 0 aromatic heterocycles. The van der Waals surface area contributed by atoms with Gasteiger partial charge in [-0.15, -0.1) is 0 Å². The maximum absolute atomic E-state index is 12.8. The lowest BCUT2D eigenvalue weighted by Crippen LogP contribution is -1.99. The van der Waals surface area contributed by atoms with Gasteiger partial charge in [-0.05, 0) is 23.3 Å². The fraction of sp³-hybridized carbons (Fsp3) is 0.182. The highest BCUT2D eigenvalue weighted by atomic mass is 19.1. The quantitative estimate of drug-likeness (QED) is 0.742. The van der Waals surface area contributed by atoms with E-state index in [0.717, 1.165) is 17.4 Å². The number of carbonyl (C=O) groups excluding carboxylic acids is 1. The molecule has 1 aromatic rings. The third kappa shape index (κ3) is 2.78. The van der Waals surface area contributed by atoms with Crippen molar-refractivity contribution in [2.45, 2.75) is 13.0 Å². The van der Waals surface area contributed by atoms with E-state index in [1.54, 1.807) is 18.2 Å². The van der Waals surface area contributed by atoms with Crippen molar-refractivity contribution in [1.82, 2.24) is 0 Å². The molecule has 0 radical (unpaired) electrons. The first-order chi connectivity index (χ1) is 6.77. The van der Waals surface area contributed by atoms with E-state index < -0.39 is 0 Å². The van der Waals surface area contributed by atoms with Crippen LogP contribution in [0.2, 0.25) is 0 Å². The number of benzene rings is 1. The Labute approximate surface area is 82.2 Å². The maximum Gasteiger partial charge on any atom is 0.123 e. The molecule has 0 atom stereocenters. The number of allylic oxidation sites excluding steroid dienone is 1. The van der Waals surface area contributed by atoms with E-state index in [0.29, 0.717) is 13.0 Å². The highest BCUT2D eigenvalue weighted by Crippen LogP contribution is 2.12. The lowest BCUT2D eigenvalue weighted by atomic mass is 10.1. The number of hydrogen-bond acceptors (Lipinski definition) is 2. The average molecular weight is 193 g/mol. The van der Waals surface area contributed by atoms with Gasteiger partial charge in [-0.3, -0.25) is 0 Å². The average Bonchev–Trinajstić information content (AvgIpc) is 2.19. The summed E-state index contributed by atoms with van der Waals surface area (Å²) >= 11 is 0. The molecule has 0 aliphatic heterocycles. The summed E-state index contributed by atoms with van der Waals surface area (Å²) in [7, 11) is 0. The zero-order valence-corrected chi connectivity index (χ0v) is 7.74. The molecule has 2 nitrogen and oxygen atoms in total. The maximum atomic E-state index is 12.8. The highest BCUT2D eigenvalue weighted by molar-refractivity contribution is 5.59. The van der Waals surface area contributed by atoms with Crippen LogP contribution in [-0.2, 0) is 11.3 Å². The zero-order chi connectivity index (χ0) is 10.4. The molecule has 0 heterocycles. The van der Waals surface area contributed by atoms with E-state index in [1.807, 2.05) is 0 Å². The van der Waals surface area contributed by atoms with Gasteiger partial charge in [0.25, 0.3) is 0 Å². The van der Waals surface area contributed by atoms with Crippen molar-refractivity contribution in [3.63, 3.8) is 0 Å². The van der Waals surface area contributed by atoms with Gasteiger partial charge < -0.3 is 10.5 Å². The fourth-order valence-electron chi connectivity index (χ4n) is 1.16. The van der Waals surface area contributed by atoms with E-state index in [4.69, 9.17) is 5.73 Å². The molecule has 2 N–H and O–H groups in total. The lowest BCUT2D eigenvalue weighted by molar-refractivity contribution is -0.107. The summed E-state index contributed by atoms with van der Waals surface area (Å²) in [4.78, 5) is 10.1. The molecule has 0 amide bonds. The van der Waals surface area contributed by atoms with Crippen molar-refractivity contribution in [2.75, 3.05) is 0 Å². The molecule has 14 heavy (non-hydrogen) atoms. The topological polar surface area (TPSA) is 43.1 Å². The SMILES string of the molecule is NCc1ccc(F)cc1C=CCC=O. The third-order valence-corrected chi connectivity index (χ3v) is 1.86. The first-order valence-electron chi connectivity index (χ1n) is 4.36. The zero-order valence-electron chi connectivity index (χ0n) is 7.74. The summed E-state index contributed by atoms with van der Waals surface area (Å²) in [6.07, 6.45) is 4.51. The van der Waals surface area contributed by atoms with Crippen LogP contribution in [0.4, 0.5) is 4.39 Å². The molecule has 0 saturated heterocycles. The van der Waals surface area contributed by atoms with Crippen molar-refractivity contribution >= 4 is 12.4 Å². The standard InChI is InChI=1S/C11H12FNO/c12-11-5-4-10(8-13)9(7-11)3-1-2-6-14/h1,3-7H,2,8,13H2. The van der Waals surface area contributed by atoms with Crippen LogP contribution < -0.4 is 5.73 Å². The Hall–Kier alpha value is -1.48. The van der Waals surface area contributed by atoms with Crippen molar-refractivity contribution in [3.8, 4) is 0 Å². The second-order valence-corrected chi connectivity index (χ2v) is 2.85. The fourth-order valence-corrected chi connectivity index (χ4v) is 1.16. The largest absolute Gasteiger partial charge is 0.326 e. The number of halogens is 1. The minimum atomic E-state index is -0.298. The molecule has 0 bridgehead atoms. The molecular weight excluding hydrogens is 181 g/mol. The van der Waals surface area contributed by atoms with Gasteiger partial charge in [0.15, 0.2) is 0 Å². The van der Waals surface area contributed by atoms with Gasteiger partial charge in [-0.25, -0.2) is 4.39 Å². The highest BCUT2D eigenvalue weighted by Gasteiger charge is 1.98. The molecule has 0 spiro atoms. The first-order valence-corrected chi connectivity index (χ1v) is 4.36. The normalized spacial score (nSPS) is 10.7. The van der Waals surface area contributed by atoms with Crippen LogP contribution in [0.1, 0.15) is 17.5 Å². The first kappa shape index (κ1) is 10.6. The van der Waals surface area contributed by atoms with Crippen molar-refractivity contribution in [2.24, 2.45) is 5.73 Å². The Bertz CT molecular complexity index is 347. The van der Waals surface area contributed by atoms with E-state index in [-0.39, 0.29) is 5.82 Å². The van der Waals surface area contributed by atoms with Gasteiger partial charge in [0.1, 0.15) is 12.1 Å². The van der Waals surface area contributed by atoms with Crippen LogP contribution in [0.25, 0.3) is 6.08 Å². The minimum absolute atomic E-state index is 0.298. The second kappa shape index (κ2) is 5.29. The van der Waals surface area contributed by atoms with Gasteiger partial charge in [0.2, 0.25) is 0 Å². The Morgan fingerprint density at radius 2 is 2.21 bits per heavy atom. The summed E-state index contributed by atoms with van der Waals surface area (Å²) < 4.78 is 12.8. The van der Waals surface area contributed by atoms with Crippen LogP contribution in [0, 0.1) is 5.82 Å². The Morgan fingerprint density at radius 1 is 1.43 bits per heavy atom. The Kier molecular flexibility index (Phi) is 4.01. The van der Waals surface area contributed by atoms with Crippen LogP contribution in [0.3, 0.4) is 0 Å². The lowest BCUT2D eigenvalue weighted by Gasteiger charge is -2.02. The second-order valence-electron chi connectivity index (χ2n) is 2.85. The van der Waals surface area contributed by atoms with Crippen LogP contribution >= 0.6 is 0 Å². The number of aldehydes is 1. The predicted octanol–water partition coefficient (Wildman–Crippen LogP) is 1.89. The summed E-state index contributed by atoms with van der Waals surface area (Å²) in [6.45, 7) is 0.362. The number of nitrogens with two attached hydrogens (primary N) is 1. The molecule has 74 valence electrons. The van der Waals surface area contributed by atoms with Gasteiger partial charge in [-0.2, -0.15) is 0 Å².